The van der Waals surface area contributed by atoms with E-state index in [4.69, 9.17) is 5.11 Å². The van der Waals surface area contributed by atoms with Crippen LogP contribution < -0.4 is 0 Å². The molecule has 0 radical (unpaired) electrons. The van der Waals surface area contributed by atoms with E-state index in [0.29, 0.717) is 0 Å². The van der Waals surface area contributed by atoms with Gasteiger partial charge >= 0.3 is 0 Å². The molecule has 0 aliphatic heterocycles. The standard InChI is InChI=1S/C16H28O4/c1-12(18)15(2,3)9-7-6-8-13(19)10-14(20)16(4,5)11-17/h6-9,12-13,17-19H,10-11H2,1-5H3. The third-order valence-corrected chi connectivity index (χ3v) is 3.59. The van der Waals surface area contributed by atoms with Crippen LogP contribution in [-0.4, -0.2) is 39.9 Å². The van der Waals surface area contributed by atoms with E-state index in [1.165, 1.54) is 6.08 Å². The molecule has 116 valence electrons. The first-order valence-corrected chi connectivity index (χ1v) is 6.89. The summed E-state index contributed by atoms with van der Waals surface area (Å²) in [7, 11) is 0. The maximum Gasteiger partial charge on any atom is 0.143 e. The van der Waals surface area contributed by atoms with Gasteiger partial charge in [0.05, 0.1) is 18.8 Å². The molecule has 0 bridgehead atoms. The Morgan fingerprint density at radius 2 is 1.70 bits per heavy atom. The monoisotopic (exact) mass is 284 g/mol. The number of rotatable bonds is 8. The zero-order chi connectivity index (χ0) is 16.0. The molecule has 4 nitrogen and oxygen atoms in total. The van der Waals surface area contributed by atoms with Crippen molar-refractivity contribution >= 4 is 5.78 Å². The Morgan fingerprint density at radius 3 is 2.15 bits per heavy atom. The third kappa shape index (κ3) is 6.46. The van der Waals surface area contributed by atoms with Gasteiger partial charge in [0.1, 0.15) is 5.78 Å². The molecule has 4 heteroatoms. The van der Waals surface area contributed by atoms with Gasteiger partial charge in [0.15, 0.2) is 0 Å². The lowest BCUT2D eigenvalue weighted by molar-refractivity contribution is -0.130. The van der Waals surface area contributed by atoms with E-state index in [1.807, 2.05) is 19.9 Å². The lowest BCUT2D eigenvalue weighted by Gasteiger charge is -2.23. The van der Waals surface area contributed by atoms with Crippen molar-refractivity contribution in [3.8, 4) is 0 Å². The molecule has 0 saturated heterocycles. The summed E-state index contributed by atoms with van der Waals surface area (Å²) in [5.74, 6) is -0.176. The zero-order valence-electron chi connectivity index (χ0n) is 13.1. The van der Waals surface area contributed by atoms with Crippen LogP contribution in [0.4, 0.5) is 0 Å². The molecule has 0 rings (SSSR count). The number of aliphatic hydroxyl groups excluding tert-OH is 3. The van der Waals surface area contributed by atoms with Crippen LogP contribution in [0.15, 0.2) is 24.3 Å². The molecule has 0 aliphatic carbocycles. The zero-order valence-corrected chi connectivity index (χ0v) is 13.1. The summed E-state index contributed by atoms with van der Waals surface area (Å²) < 4.78 is 0. The second-order valence-corrected chi connectivity index (χ2v) is 6.48. The number of aliphatic hydroxyl groups is 3. The van der Waals surface area contributed by atoms with E-state index in [-0.39, 0.29) is 24.2 Å². The van der Waals surface area contributed by atoms with Crippen LogP contribution in [0, 0.1) is 10.8 Å². The van der Waals surface area contributed by atoms with Gasteiger partial charge in [0, 0.05) is 17.3 Å². The van der Waals surface area contributed by atoms with Crippen molar-refractivity contribution in [2.24, 2.45) is 10.8 Å². The predicted octanol–water partition coefficient (Wildman–Crippen LogP) is 1.84. The summed E-state index contributed by atoms with van der Waals surface area (Å²) in [5.41, 5.74) is -1.16. The normalized spacial score (nSPS) is 16.8. The second kappa shape index (κ2) is 7.72. The van der Waals surface area contributed by atoms with Gasteiger partial charge in [-0.05, 0) is 6.92 Å². The van der Waals surface area contributed by atoms with E-state index >= 15 is 0 Å². The van der Waals surface area contributed by atoms with Crippen molar-refractivity contribution in [2.75, 3.05) is 6.61 Å². The largest absolute Gasteiger partial charge is 0.395 e. The summed E-state index contributed by atoms with van der Waals surface area (Å²) in [6.45, 7) is 8.61. The van der Waals surface area contributed by atoms with E-state index in [0.717, 1.165) is 0 Å². The van der Waals surface area contributed by atoms with Crippen molar-refractivity contribution < 1.29 is 20.1 Å². The van der Waals surface area contributed by atoms with Gasteiger partial charge < -0.3 is 15.3 Å². The van der Waals surface area contributed by atoms with Gasteiger partial charge in [0.25, 0.3) is 0 Å². The highest BCUT2D eigenvalue weighted by molar-refractivity contribution is 5.84. The molecular weight excluding hydrogens is 256 g/mol. The van der Waals surface area contributed by atoms with E-state index in [1.54, 1.807) is 32.9 Å². The Balaban J connectivity index is 4.42. The lowest BCUT2D eigenvalue weighted by Crippen LogP contribution is -2.30. The Hall–Kier alpha value is -0.970. The fraction of sp³-hybridized carbons (Fsp3) is 0.688. The van der Waals surface area contributed by atoms with Crippen molar-refractivity contribution in [3.05, 3.63) is 24.3 Å². The Kier molecular flexibility index (Phi) is 7.34. The van der Waals surface area contributed by atoms with Crippen molar-refractivity contribution in [1.29, 1.82) is 0 Å². The molecular formula is C16H28O4. The number of ketones is 1. The number of hydrogen-bond acceptors (Lipinski definition) is 4. The van der Waals surface area contributed by atoms with E-state index in [2.05, 4.69) is 0 Å². The fourth-order valence-corrected chi connectivity index (χ4v) is 1.26. The van der Waals surface area contributed by atoms with E-state index in [9.17, 15) is 15.0 Å². The van der Waals surface area contributed by atoms with Crippen molar-refractivity contribution in [3.63, 3.8) is 0 Å². The van der Waals surface area contributed by atoms with Crippen LogP contribution in [-0.2, 0) is 4.79 Å². The predicted molar refractivity (Wildman–Crippen MR) is 80.2 cm³/mol. The number of carbonyl (C=O) groups excluding carboxylic acids is 1. The fourth-order valence-electron chi connectivity index (χ4n) is 1.26. The topological polar surface area (TPSA) is 77.8 Å². The average Bonchev–Trinajstić information content (AvgIpc) is 2.34. The van der Waals surface area contributed by atoms with Gasteiger partial charge in [-0.25, -0.2) is 0 Å². The summed E-state index contributed by atoms with van der Waals surface area (Å²) in [6, 6.07) is 0. The summed E-state index contributed by atoms with van der Waals surface area (Å²) >= 11 is 0. The highest BCUT2D eigenvalue weighted by Gasteiger charge is 2.27. The van der Waals surface area contributed by atoms with Gasteiger partial charge in [0.2, 0.25) is 0 Å². The van der Waals surface area contributed by atoms with Gasteiger partial charge in [-0.15, -0.1) is 0 Å². The molecule has 0 amide bonds. The van der Waals surface area contributed by atoms with Crippen molar-refractivity contribution in [1.82, 2.24) is 0 Å². The van der Waals surface area contributed by atoms with Crippen LogP contribution in [0.25, 0.3) is 0 Å². The van der Waals surface area contributed by atoms with Gasteiger partial charge in [-0.2, -0.15) is 0 Å². The Labute approximate surface area is 121 Å². The van der Waals surface area contributed by atoms with Crippen LogP contribution >= 0.6 is 0 Å². The number of allylic oxidation sites excluding steroid dienone is 2. The van der Waals surface area contributed by atoms with Crippen LogP contribution in [0.5, 0.6) is 0 Å². The molecule has 0 aromatic rings. The first-order chi connectivity index (χ1) is 9.03. The van der Waals surface area contributed by atoms with E-state index < -0.39 is 17.6 Å². The number of hydrogen-bond donors (Lipinski definition) is 3. The molecule has 0 aromatic carbocycles. The molecule has 0 spiro atoms. The molecule has 0 heterocycles. The molecule has 0 aromatic heterocycles. The lowest BCUT2D eigenvalue weighted by atomic mass is 9.86. The van der Waals surface area contributed by atoms with Crippen LogP contribution in [0.2, 0.25) is 0 Å². The summed E-state index contributed by atoms with van der Waals surface area (Å²) in [6.07, 6.45) is 5.43. The molecule has 2 atom stereocenters. The minimum Gasteiger partial charge on any atom is -0.395 e. The molecule has 0 fully saturated rings. The first kappa shape index (κ1) is 19.0. The molecule has 3 N–H and O–H groups in total. The van der Waals surface area contributed by atoms with Crippen molar-refractivity contribution in [2.45, 2.75) is 53.2 Å². The molecule has 20 heavy (non-hydrogen) atoms. The highest BCUT2D eigenvalue weighted by atomic mass is 16.3. The molecule has 0 saturated carbocycles. The minimum absolute atomic E-state index is 0.0162. The Bertz CT molecular complexity index is 365. The second-order valence-electron chi connectivity index (χ2n) is 6.48. The van der Waals surface area contributed by atoms with Crippen LogP contribution in [0.3, 0.4) is 0 Å². The summed E-state index contributed by atoms with van der Waals surface area (Å²) in [5, 5.41) is 28.4. The smallest absolute Gasteiger partial charge is 0.143 e. The highest BCUT2D eigenvalue weighted by Crippen LogP contribution is 2.22. The minimum atomic E-state index is -0.868. The number of Topliss-reactive ketones (excluding diaryl/α,β-unsaturated/α-hetero) is 1. The summed E-state index contributed by atoms with van der Waals surface area (Å²) in [4.78, 5) is 11.8. The quantitative estimate of drug-likeness (QED) is 0.594. The molecule has 0 aliphatic rings. The molecule has 2 unspecified atom stereocenters. The number of carbonyl (C=O) groups is 1. The third-order valence-electron chi connectivity index (χ3n) is 3.59. The van der Waals surface area contributed by atoms with Gasteiger partial charge in [-0.3, -0.25) is 4.79 Å². The first-order valence-electron chi connectivity index (χ1n) is 6.89. The van der Waals surface area contributed by atoms with Crippen LogP contribution in [0.1, 0.15) is 41.0 Å². The maximum atomic E-state index is 11.8. The Morgan fingerprint density at radius 1 is 1.15 bits per heavy atom. The van der Waals surface area contributed by atoms with Gasteiger partial charge in [-0.1, -0.05) is 52.0 Å². The SMILES string of the molecule is CC(O)C(C)(C)C=CC=CC(O)CC(=O)C(C)(C)CO. The maximum absolute atomic E-state index is 11.8. The average molecular weight is 284 g/mol.